The number of pyridine rings is 1. The van der Waals surface area contributed by atoms with Gasteiger partial charge in [0.05, 0.1) is 28.9 Å². The molecule has 0 fully saturated rings. The van der Waals surface area contributed by atoms with Crippen molar-refractivity contribution in [1.29, 1.82) is 0 Å². The summed E-state index contributed by atoms with van der Waals surface area (Å²) in [5, 5.41) is 0.831. The van der Waals surface area contributed by atoms with Crippen LogP contribution in [-0.2, 0) is 10.0 Å². The van der Waals surface area contributed by atoms with E-state index in [1.54, 1.807) is 42.6 Å². The number of nitrogens with zero attached hydrogens (tertiary/aromatic N) is 3. The molecule has 0 aliphatic carbocycles. The van der Waals surface area contributed by atoms with Gasteiger partial charge in [0.1, 0.15) is 5.75 Å². The molecule has 1 amide bonds. The van der Waals surface area contributed by atoms with Gasteiger partial charge in [-0.1, -0.05) is 30.3 Å². The van der Waals surface area contributed by atoms with Crippen molar-refractivity contribution in [2.24, 2.45) is 0 Å². The van der Waals surface area contributed by atoms with Crippen LogP contribution in [0.15, 0.2) is 102 Å². The summed E-state index contributed by atoms with van der Waals surface area (Å²) >= 11 is 0. The van der Waals surface area contributed by atoms with Gasteiger partial charge < -0.3 is 14.5 Å². The molecule has 8 nitrogen and oxygen atoms in total. The van der Waals surface area contributed by atoms with Crippen molar-refractivity contribution >= 4 is 38.2 Å². The number of amides is 1. The first-order valence-electron chi connectivity index (χ1n) is 11.3. The van der Waals surface area contributed by atoms with Crippen molar-refractivity contribution in [2.75, 3.05) is 29.8 Å². The predicted octanol–water partition coefficient (Wildman–Crippen LogP) is 4.48. The Morgan fingerprint density at radius 3 is 2.44 bits per heavy atom. The lowest BCUT2D eigenvalue weighted by atomic mass is 10.2. The highest BCUT2D eigenvalue weighted by Crippen LogP contribution is 2.29. The fraction of sp³-hybridized carbons (Fsp3) is 0.111. The van der Waals surface area contributed by atoms with E-state index in [9.17, 15) is 13.2 Å². The Morgan fingerprint density at radius 2 is 1.69 bits per heavy atom. The Hall–Kier alpha value is -4.37. The molecule has 0 unspecified atom stereocenters. The second-order valence-corrected chi connectivity index (χ2v) is 9.85. The minimum atomic E-state index is -3.86. The van der Waals surface area contributed by atoms with Crippen LogP contribution in [0.1, 0.15) is 10.4 Å². The number of methoxy groups -OCH3 is 1. The summed E-state index contributed by atoms with van der Waals surface area (Å²) in [6, 6.07) is 22.6. The number of hydrogen-bond donors (Lipinski definition) is 1. The molecule has 36 heavy (non-hydrogen) atoms. The van der Waals surface area contributed by atoms with Crippen LogP contribution in [0, 0.1) is 0 Å². The quantitative estimate of drug-likeness (QED) is 0.420. The summed E-state index contributed by atoms with van der Waals surface area (Å²) in [6.07, 6.45) is 5.17. The number of hydrogen-bond acceptors (Lipinski definition) is 6. The maximum Gasteiger partial charge on any atom is 0.261 e. The number of benzene rings is 3. The van der Waals surface area contributed by atoms with E-state index in [2.05, 4.69) is 9.71 Å². The van der Waals surface area contributed by atoms with Gasteiger partial charge in [-0.05, 0) is 48.5 Å². The van der Waals surface area contributed by atoms with E-state index in [-0.39, 0.29) is 10.8 Å². The molecule has 5 rings (SSSR count). The molecule has 182 valence electrons. The first-order chi connectivity index (χ1) is 17.5. The zero-order valence-corrected chi connectivity index (χ0v) is 20.4. The van der Waals surface area contributed by atoms with Crippen LogP contribution in [0.3, 0.4) is 0 Å². The largest absolute Gasteiger partial charge is 0.495 e. The maximum absolute atomic E-state index is 13.0. The maximum atomic E-state index is 13.0. The van der Waals surface area contributed by atoms with E-state index in [0.717, 1.165) is 16.8 Å². The topological polar surface area (TPSA) is 91.8 Å². The Labute approximate surface area is 209 Å². The van der Waals surface area contributed by atoms with Gasteiger partial charge in [-0.15, -0.1) is 0 Å². The Morgan fingerprint density at radius 1 is 0.917 bits per heavy atom. The van der Waals surface area contributed by atoms with E-state index in [1.807, 2.05) is 47.5 Å². The third kappa shape index (κ3) is 4.60. The average molecular weight is 501 g/mol. The van der Waals surface area contributed by atoms with Crippen molar-refractivity contribution in [3.05, 3.63) is 103 Å². The summed E-state index contributed by atoms with van der Waals surface area (Å²) in [5.74, 6) is 0.549. The molecular weight excluding hydrogens is 476 g/mol. The standard InChI is InChI=1S/C27H24N4O4S/c1-35-25-10-3-2-9-24(25)30-16-18-31(19-17-30)27(32)21-11-13-22(14-12-21)36(33,34)29-23-8-4-6-20-7-5-15-28-26(20)23/h2-16,18,29H,17,19H2,1H3. The Kier molecular flexibility index (Phi) is 6.30. The number of aromatic nitrogens is 1. The summed E-state index contributed by atoms with van der Waals surface area (Å²) in [7, 11) is -2.24. The number of nitrogens with one attached hydrogen (secondary N) is 1. The zero-order valence-electron chi connectivity index (χ0n) is 19.5. The van der Waals surface area contributed by atoms with Gasteiger partial charge in [-0.2, -0.15) is 0 Å². The molecule has 0 spiro atoms. The number of anilines is 2. The molecule has 1 aliphatic heterocycles. The minimum absolute atomic E-state index is 0.0588. The third-order valence-corrected chi connectivity index (χ3v) is 7.33. The fourth-order valence-electron chi connectivity index (χ4n) is 4.10. The number of carbonyl (C=O) groups excluding carboxylic acids is 1. The first-order valence-corrected chi connectivity index (χ1v) is 12.8. The highest BCUT2D eigenvalue weighted by Gasteiger charge is 2.21. The molecule has 4 aromatic rings. The number of sulfonamides is 1. The zero-order chi connectivity index (χ0) is 25.1. The van der Waals surface area contributed by atoms with Gasteiger partial charge in [0.15, 0.2) is 0 Å². The molecule has 0 saturated heterocycles. The number of fused-ring (bicyclic) bond motifs is 1. The summed E-state index contributed by atoms with van der Waals surface area (Å²) in [5.41, 5.74) is 2.28. The van der Waals surface area contributed by atoms with Crippen LogP contribution >= 0.6 is 0 Å². The molecule has 0 saturated carbocycles. The van der Waals surface area contributed by atoms with E-state index in [0.29, 0.717) is 29.9 Å². The van der Waals surface area contributed by atoms with Crippen molar-refractivity contribution in [3.63, 3.8) is 0 Å². The summed E-state index contributed by atoms with van der Waals surface area (Å²) in [4.78, 5) is 21.0. The second-order valence-electron chi connectivity index (χ2n) is 8.17. The van der Waals surface area contributed by atoms with Gasteiger partial charge in [-0.25, -0.2) is 8.42 Å². The predicted molar refractivity (Wildman–Crippen MR) is 140 cm³/mol. The molecule has 0 bridgehead atoms. The van der Waals surface area contributed by atoms with Crippen LogP contribution in [0.25, 0.3) is 10.9 Å². The SMILES string of the molecule is COc1ccccc1N1C=CN(C(=O)c2ccc(S(=O)(=O)Nc3cccc4cccnc34)cc2)CC1. The molecule has 2 heterocycles. The molecule has 3 aromatic carbocycles. The lowest BCUT2D eigenvalue weighted by molar-refractivity contribution is 0.0821. The van der Waals surface area contributed by atoms with Crippen molar-refractivity contribution in [1.82, 2.24) is 9.88 Å². The molecule has 1 aromatic heterocycles. The number of para-hydroxylation sites is 3. The smallest absolute Gasteiger partial charge is 0.261 e. The number of carbonyl (C=O) groups is 1. The van der Waals surface area contributed by atoms with Crippen LogP contribution in [0.2, 0.25) is 0 Å². The van der Waals surface area contributed by atoms with E-state index in [4.69, 9.17) is 4.74 Å². The van der Waals surface area contributed by atoms with Gasteiger partial charge in [0, 0.05) is 42.6 Å². The van der Waals surface area contributed by atoms with Crippen LogP contribution in [0.5, 0.6) is 5.75 Å². The molecular formula is C27H24N4O4S. The lowest BCUT2D eigenvalue weighted by Crippen LogP contribution is -2.38. The monoisotopic (exact) mass is 500 g/mol. The molecule has 1 N–H and O–H groups in total. The molecule has 0 atom stereocenters. The van der Waals surface area contributed by atoms with Gasteiger partial charge >= 0.3 is 0 Å². The highest BCUT2D eigenvalue weighted by atomic mass is 32.2. The minimum Gasteiger partial charge on any atom is -0.495 e. The van der Waals surface area contributed by atoms with Gasteiger partial charge in [0.25, 0.3) is 15.9 Å². The molecule has 9 heteroatoms. The fourth-order valence-corrected chi connectivity index (χ4v) is 5.16. The van der Waals surface area contributed by atoms with E-state index in [1.165, 1.54) is 24.3 Å². The van der Waals surface area contributed by atoms with Crippen LogP contribution in [0.4, 0.5) is 11.4 Å². The van der Waals surface area contributed by atoms with Crippen molar-refractivity contribution in [2.45, 2.75) is 4.90 Å². The normalized spacial score (nSPS) is 13.6. The van der Waals surface area contributed by atoms with Gasteiger partial charge in [0.2, 0.25) is 0 Å². The number of ether oxygens (including phenoxy) is 1. The Balaban J connectivity index is 1.30. The lowest BCUT2D eigenvalue weighted by Gasteiger charge is -2.31. The molecule has 0 radical (unpaired) electrons. The summed E-state index contributed by atoms with van der Waals surface area (Å²) < 4.78 is 34.0. The summed E-state index contributed by atoms with van der Waals surface area (Å²) in [6.45, 7) is 1.07. The second kappa shape index (κ2) is 9.71. The molecule has 1 aliphatic rings. The number of rotatable bonds is 6. The van der Waals surface area contributed by atoms with E-state index >= 15 is 0 Å². The first kappa shape index (κ1) is 23.4. The third-order valence-electron chi connectivity index (χ3n) is 5.95. The van der Waals surface area contributed by atoms with Gasteiger partial charge in [-0.3, -0.25) is 14.5 Å². The van der Waals surface area contributed by atoms with Crippen molar-refractivity contribution < 1.29 is 17.9 Å². The average Bonchev–Trinajstić information content (AvgIpc) is 2.93. The highest BCUT2D eigenvalue weighted by molar-refractivity contribution is 7.92. The van der Waals surface area contributed by atoms with Crippen LogP contribution < -0.4 is 14.4 Å². The van der Waals surface area contributed by atoms with E-state index < -0.39 is 10.0 Å². The van der Waals surface area contributed by atoms with Crippen molar-refractivity contribution in [3.8, 4) is 5.75 Å². The Bertz CT molecular complexity index is 1550. The van der Waals surface area contributed by atoms with Crippen LogP contribution in [-0.4, -0.2) is 44.4 Å².